The van der Waals surface area contributed by atoms with Crippen molar-refractivity contribution >= 4 is 28.9 Å². The van der Waals surface area contributed by atoms with E-state index in [1.54, 1.807) is 6.92 Å². The van der Waals surface area contributed by atoms with Gasteiger partial charge in [-0.15, -0.1) is 11.3 Å². The summed E-state index contributed by atoms with van der Waals surface area (Å²) in [5.74, 6) is -1.04. The molecule has 0 bridgehead atoms. The Kier molecular flexibility index (Phi) is 2.36. The topological polar surface area (TPSA) is 61.1 Å². The second-order valence-electron chi connectivity index (χ2n) is 2.12. The van der Waals surface area contributed by atoms with E-state index in [-0.39, 0.29) is 14.8 Å². The minimum absolute atomic E-state index is 0.136. The molecule has 5 heteroatoms. The quantitative estimate of drug-likeness (QED) is 0.758. The number of nitrogens with zero attached hydrogens (tertiary/aromatic N) is 1. The monoisotopic (exact) mass is 201 g/mol. The van der Waals surface area contributed by atoms with Crippen molar-refractivity contribution in [3.8, 4) is 6.07 Å². The van der Waals surface area contributed by atoms with E-state index < -0.39 is 5.97 Å². The molecule has 0 saturated carbocycles. The Labute approximate surface area is 77.8 Å². The average molecular weight is 202 g/mol. The molecule has 0 aromatic carbocycles. The lowest BCUT2D eigenvalue weighted by Crippen LogP contribution is -1.93. The minimum Gasteiger partial charge on any atom is -0.477 e. The Hall–Kier alpha value is -1.05. The van der Waals surface area contributed by atoms with Crippen molar-refractivity contribution in [3.63, 3.8) is 0 Å². The highest BCUT2D eigenvalue weighted by Crippen LogP contribution is 2.31. The van der Waals surface area contributed by atoms with Gasteiger partial charge in [0.2, 0.25) is 0 Å². The van der Waals surface area contributed by atoms with Gasteiger partial charge < -0.3 is 5.11 Å². The fourth-order valence-corrected chi connectivity index (χ4v) is 1.91. The van der Waals surface area contributed by atoms with Gasteiger partial charge in [0.15, 0.2) is 0 Å². The van der Waals surface area contributed by atoms with Gasteiger partial charge >= 0.3 is 5.97 Å². The Morgan fingerprint density at radius 1 is 1.75 bits per heavy atom. The van der Waals surface area contributed by atoms with Crippen molar-refractivity contribution in [1.29, 1.82) is 5.26 Å². The fraction of sp³-hybridized carbons (Fsp3) is 0.143. The molecule has 0 saturated heterocycles. The van der Waals surface area contributed by atoms with Crippen molar-refractivity contribution < 1.29 is 9.90 Å². The van der Waals surface area contributed by atoms with E-state index >= 15 is 0 Å². The highest BCUT2D eigenvalue weighted by Gasteiger charge is 2.17. The number of rotatable bonds is 1. The zero-order valence-corrected chi connectivity index (χ0v) is 7.66. The van der Waals surface area contributed by atoms with Gasteiger partial charge in [-0.25, -0.2) is 4.79 Å². The van der Waals surface area contributed by atoms with Gasteiger partial charge in [-0.1, -0.05) is 11.6 Å². The van der Waals surface area contributed by atoms with Crippen LogP contribution in [0.25, 0.3) is 0 Å². The molecular weight excluding hydrogens is 198 g/mol. The summed E-state index contributed by atoms with van der Waals surface area (Å²) in [7, 11) is 0. The maximum atomic E-state index is 10.5. The molecular formula is C7H4ClNO2S. The maximum Gasteiger partial charge on any atom is 0.346 e. The van der Waals surface area contributed by atoms with Crippen molar-refractivity contribution in [3.05, 3.63) is 20.3 Å². The number of halogens is 1. The number of aromatic carboxylic acids is 1. The van der Waals surface area contributed by atoms with Crippen LogP contribution in [0.15, 0.2) is 0 Å². The van der Waals surface area contributed by atoms with Crippen LogP contribution in [0.5, 0.6) is 0 Å². The predicted molar refractivity (Wildman–Crippen MR) is 45.7 cm³/mol. The Balaban J connectivity index is 3.37. The van der Waals surface area contributed by atoms with Gasteiger partial charge in [0, 0.05) is 0 Å². The van der Waals surface area contributed by atoms with Crippen LogP contribution in [0.3, 0.4) is 0 Å². The van der Waals surface area contributed by atoms with E-state index in [0.29, 0.717) is 5.56 Å². The zero-order chi connectivity index (χ0) is 9.30. The third kappa shape index (κ3) is 1.29. The van der Waals surface area contributed by atoms with Crippen molar-refractivity contribution in [2.24, 2.45) is 0 Å². The average Bonchev–Trinajstić information content (AvgIpc) is 2.30. The van der Waals surface area contributed by atoms with Crippen molar-refractivity contribution in [2.75, 3.05) is 0 Å². The highest BCUT2D eigenvalue weighted by molar-refractivity contribution is 7.15. The third-order valence-electron chi connectivity index (χ3n) is 1.37. The van der Waals surface area contributed by atoms with E-state index in [9.17, 15) is 4.79 Å². The van der Waals surface area contributed by atoms with Gasteiger partial charge in [-0.3, -0.25) is 0 Å². The third-order valence-corrected chi connectivity index (χ3v) is 3.14. The molecule has 0 amide bonds. The van der Waals surface area contributed by atoms with E-state index in [2.05, 4.69) is 0 Å². The number of nitriles is 1. The van der Waals surface area contributed by atoms with E-state index in [4.69, 9.17) is 22.0 Å². The number of carboxylic acid groups (broad SMARTS) is 1. The first-order chi connectivity index (χ1) is 5.57. The lowest BCUT2D eigenvalue weighted by Gasteiger charge is -1.88. The molecule has 3 nitrogen and oxygen atoms in total. The van der Waals surface area contributed by atoms with Crippen LogP contribution in [0.4, 0.5) is 0 Å². The summed E-state index contributed by atoms with van der Waals surface area (Å²) in [6.45, 7) is 1.59. The standard InChI is InChI=1S/C7H4ClNO2S/c1-3-5(8)4(2-9)12-6(3)7(10)11/h1H3,(H,10,11). The first kappa shape index (κ1) is 9.04. The first-order valence-corrected chi connectivity index (χ1v) is 4.19. The smallest absolute Gasteiger partial charge is 0.346 e. The maximum absolute atomic E-state index is 10.5. The number of carbonyl (C=O) groups is 1. The molecule has 0 atom stereocenters. The van der Waals surface area contributed by atoms with Crippen LogP contribution in [0.1, 0.15) is 20.1 Å². The number of carboxylic acids is 1. The van der Waals surface area contributed by atoms with Crippen LogP contribution in [-0.4, -0.2) is 11.1 Å². The molecule has 1 heterocycles. The SMILES string of the molecule is Cc1c(C(=O)O)sc(C#N)c1Cl. The summed E-state index contributed by atoms with van der Waals surface area (Å²) >= 11 is 6.58. The van der Waals surface area contributed by atoms with Gasteiger partial charge in [0.05, 0.1) is 5.02 Å². The molecule has 0 fully saturated rings. The summed E-state index contributed by atoms with van der Waals surface area (Å²) in [6, 6.07) is 1.83. The summed E-state index contributed by atoms with van der Waals surface area (Å²) in [5.41, 5.74) is 0.464. The molecule has 0 unspecified atom stereocenters. The molecule has 0 aliphatic heterocycles. The number of thiophene rings is 1. The van der Waals surface area contributed by atoms with E-state index in [1.807, 2.05) is 6.07 Å². The van der Waals surface area contributed by atoms with Crippen LogP contribution in [-0.2, 0) is 0 Å². The number of hydrogen-bond donors (Lipinski definition) is 1. The molecule has 12 heavy (non-hydrogen) atoms. The molecule has 0 spiro atoms. The number of hydrogen-bond acceptors (Lipinski definition) is 3. The van der Waals surface area contributed by atoms with Gasteiger partial charge in [0.1, 0.15) is 15.8 Å². The molecule has 1 aromatic heterocycles. The molecule has 0 radical (unpaired) electrons. The van der Waals surface area contributed by atoms with Crippen LogP contribution in [0.2, 0.25) is 5.02 Å². The Morgan fingerprint density at radius 3 is 2.58 bits per heavy atom. The minimum atomic E-state index is -1.04. The van der Waals surface area contributed by atoms with Crippen molar-refractivity contribution in [1.82, 2.24) is 0 Å². The van der Waals surface area contributed by atoms with Crippen LogP contribution in [0, 0.1) is 18.3 Å². The summed E-state index contributed by atoms with van der Waals surface area (Å²) < 4.78 is 0. The molecule has 0 aliphatic carbocycles. The predicted octanol–water partition coefficient (Wildman–Crippen LogP) is 2.28. The second-order valence-corrected chi connectivity index (χ2v) is 3.51. The Bertz CT molecular complexity index is 377. The summed E-state index contributed by atoms with van der Waals surface area (Å²) in [4.78, 5) is 10.9. The van der Waals surface area contributed by atoms with E-state index in [1.165, 1.54) is 0 Å². The van der Waals surface area contributed by atoms with Crippen molar-refractivity contribution in [2.45, 2.75) is 6.92 Å². The van der Waals surface area contributed by atoms with Gasteiger partial charge in [0.25, 0.3) is 0 Å². The van der Waals surface area contributed by atoms with Gasteiger partial charge in [-0.05, 0) is 12.5 Å². The second kappa shape index (κ2) is 3.13. The fourth-order valence-electron chi connectivity index (χ4n) is 0.769. The highest BCUT2D eigenvalue weighted by atomic mass is 35.5. The Morgan fingerprint density at radius 2 is 2.33 bits per heavy atom. The first-order valence-electron chi connectivity index (χ1n) is 3.00. The summed E-state index contributed by atoms with van der Waals surface area (Å²) in [5, 5.41) is 17.4. The lowest BCUT2D eigenvalue weighted by molar-refractivity contribution is 0.0701. The molecule has 1 aromatic rings. The largest absolute Gasteiger partial charge is 0.477 e. The molecule has 62 valence electrons. The van der Waals surface area contributed by atoms with Crippen LogP contribution >= 0.6 is 22.9 Å². The lowest BCUT2D eigenvalue weighted by atomic mass is 10.3. The van der Waals surface area contributed by atoms with Crippen LogP contribution < -0.4 is 0 Å². The molecule has 1 rings (SSSR count). The zero-order valence-electron chi connectivity index (χ0n) is 6.09. The normalized spacial score (nSPS) is 9.42. The van der Waals surface area contributed by atoms with Gasteiger partial charge in [-0.2, -0.15) is 5.26 Å². The summed E-state index contributed by atoms with van der Waals surface area (Å²) in [6.07, 6.45) is 0. The van der Waals surface area contributed by atoms with E-state index in [0.717, 1.165) is 11.3 Å². The molecule has 1 N–H and O–H groups in total. The molecule has 0 aliphatic rings.